The van der Waals surface area contributed by atoms with Gasteiger partial charge in [-0.05, 0) is 30.8 Å². The van der Waals surface area contributed by atoms with Crippen LogP contribution >= 0.6 is 11.5 Å². The van der Waals surface area contributed by atoms with Gasteiger partial charge in [0.25, 0.3) is 5.91 Å². The highest BCUT2D eigenvalue weighted by Gasteiger charge is 2.13. The van der Waals surface area contributed by atoms with Gasteiger partial charge in [0.15, 0.2) is 0 Å². The molecule has 1 aromatic heterocycles. The minimum atomic E-state index is -0.0704. The Balaban J connectivity index is 2.21. The van der Waals surface area contributed by atoms with Crippen molar-refractivity contribution in [1.82, 2.24) is 14.9 Å². The smallest absolute Gasteiger partial charge is 0.264 e. The Kier molecular flexibility index (Phi) is 6.73. The predicted octanol–water partition coefficient (Wildman–Crippen LogP) is 1.38. The molecule has 0 aromatic carbocycles. The van der Waals surface area contributed by atoms with Crippen LogP contribution in [0.3, 0.4) is 0 Å². The van der Waals surface area contributed by atoms with E-state index >= 15 is 0 Å². The zero-order chi connectivity index (χ0) is 12.5. The van der Waals surface area contributed by atoms with Gasteiger partial charge in [-0.1, -0.05) is 24.3 Å². The zero-order valence-electron chi connectivity index (χ0n) is 10.1. The van der Waals surface area contributed by atoms with Gasteiger partial charge in [0.2, 0.25) is 0 Å². The first kappa shape index (κ1) is 14.1. The van der Waals surface area contributed by atoms with E-state index in [-0.39, 0.29) is 12.5 Å². The third-order valence-electron chi connectivity index (χ3n) is 2.47. The summed E-state index contributed by atoms with van der Waals surface area (Å²) in [5.41, 5.74) is 0.771. The highest BCUT2D eigenvalue weighted by atomic mass is 32.1. The fourth-order valence-electron chi connectivity index (χ4n) is 1.48. The number of unbranched alkanes of at least 4 members (excludes halogenated alkanes) is 3. The lowest BCUT2D eigenvalue weighted by Crippen LogP contribution is -2.24. The molecule has 1 heterocycles. The SMILES string of the molecule is CCc1nnsc1C(=O)NCCCCCCO. The number of hydrogen-bond acceptors (Lipinski definition) is 5. The molecule has 0 radical (unpaired) electrons. The van der Waals surface area contributed by atoms with Gasteiger partial charge in [-0.25, -0.2) is 0 Å². The van der Waals surface area contributed by atoms with Gasteiger partial charge < -0.3 is 10.4 Å². The number of nitrogens with zero attached hydrogens (tertiary/aromatic N) is 2. The summed E-state index contributed by atoms with van der Waals surface area (Å²) in [4.78, 5) is 12.4. The summed E-state index contributed by atoms with van der Waals surface area (Å²) < 4.78 is 3.79. The van der Waals surface area contributed by atoms with Crippen molar-refractivity contribution in [1.29, 1.82) is 0 Å². The first-order chi connectivity index (χ1) is 8.29. The Morgan fingerprint density at radius 3 is 2.82 bits per heavy atom. The maximum atomic E-state index is 11.8. The van der Waals surface area contributed by atoms with Crippen LogP contribution in [0, 0.1) is 0 Å². The molecule has 2 N–H and O–H groups in total. The highest BCUT2D eigenvalue weighted by Crippen LogP contribution is 2.10. The summed E-state index contributed by atoms with van der Waals surface area (Å²) in [6.07, 6.45) is 4.55. The molecule has 1 amide bonds. The van der Waals surface area contributed by atoms with Crippen LogP contribution in [0.5, 0.6) is 0 Å². The van der Waals surface area contributed by atoms with Gasteiger partial charge in [0, 0.05) is 13.2 Å². The first-order valence-electron chi connectivity index (χ1n) is 5.99. The van der Waals surface area contributed by atoms with E-state index in [1.165, 1.54) is 0 Å². The van der Waals surface area contributed by atoms with Crippen molar-refractivity contribution in [2.75, 3.05) is 13.2 Å². The number of hydrogen-bond donors (Lipinski definition) is 2. The monoisotopic (exact) mass is 257 g/mol. The Bertz CT molecular complexity index is 341. The molecule has 0 fully saturated rings. The minimum Gasteiger partial charge on any atom is -0.396 e. The average Bonchev–Trinajstić information content (AvgIpc) is 2.81. The molecule has 1 rings (SSSR count). The van der Waals surface area contributed by atoms with Crippen LogP contribution in [0.1, 0.15) is 48.0 Å². The van der Waals surface area contributed by atoms with E-state index < -0.39 is 0 Å². The Hall–Kier alpha value is -1.01. The Labute approximate surface area is 105 Å². The Morgan fingerprint density at radius 1 is 1.35 bits per heavy atom. The molecule has 0 aliphatic rings. The maximum absolute atomic E-state index is 11.8. The topological polar surface area (TPSA) is 75.1 Å². The number of nitrogens with one attached hydrogen (secondary N) is 1. The lowest BCUT2D eigenvalue weighted by atomic mass is 10.2. The second-order valence-electron chi connectivity index (χ2n) is 3.80. The van der Waals surface area contributed by atoms with E-state index in [1.807, 2.05) is 6.92 Å². The number of carbonyl (C=O) groups is 1. The third-order valence-corrected chi connectivity index (χ3v) is 3.23. The van der Waals surface area contributed by atoms with E-state index in [9.17, 15) is 4.79 Å². The second-order valence-corrected chi connectivity index (χ2v) is 4.55. The Morgan fingerprint density at radius 2 is 2.12 bits per heavy atom. The van der Waals surface area contributed by atoms with Gasteiger partial charge >= 0.3 is 0 Å². The molecule has 5 nitrogen and oxygen atoms in total. The molecule has 1 aromatic rings. The van der Waals surface area contributed by atoms with E-state index in [2.05, 4.69) is 14.9 Å². The molecule has 0 aliphatic carbocycles. The van der Waals surface area contributed by atoms with Crippen molar-refractivity contribution in [2.24, 2.45) is 0 Å². The summed E-state index contributed by atoms with van der Waals surface area (Å²) in [6, 6.07) is 0. The average molecular weight is 257 g/mol. The number of aryl methyl sites for hydroxylation is 1. The molecular weight excluding hydrogens is 238 g/mol. The van der Waals surface area contributed by atoms with Crippen molar-refractivity contribution in [2.45, 2.75) is 39.0 Å². The second kappa shape index (κ2) is 8.14. The summed E-state index contributed by atoms with van der Waals surface area (Å²) in [6.45, 7) is 2.88. The molecular formula is C11H19N3O2S. The number of carbonyl (C=O) groups excluding carboxylic acids is 1. The number of aromatic nitrogens is 2. The van der Waals surface area contributed by atoms with Gasteiger partial charge in [0.05, 0.1) is 5.69 Å². The fourth-order valence-corrected chi connectivity index (χ4v) is 2.15. The standard InChI is InChI=1S/C11H19N3O2S/c1-2-9-10(17-14-13-9)11(16)12-7-5-3-4-6-8-15/h15H,2-8H2,1H3,(H,12,16). The molecule has 0 unspecified atom stereocenters. The molecule has 0 atom stereocenters. The van der Waals surface area contributed by atoms with Crippen LogP contribution in [0.4, 0.5) is 0 Å². The number of aliphatic hydroxyl groups is 1. The summed E-state index contributed by atoms with van der Waals surface area (Å²) in [7, 11) is 0. The van der Waals surface area contributed by atoms with Gasteiger partial charge in [-0.3, -0.25) is 4.79 Å². The van der Waals surface area contributed by atoms with Crippen molar-refractivity contribution in [3.63, 3.8) is 0 Å². The lowest BCUT2D eigenvalue weighted by Gasteiger charge is -2.03. The lowest BCUT2D eigenvalue weighted by molar-refractivity contribution is 0.0956. The summed E-state index contributed by atoms with van der Waals surface area (Å²) in [5, 5.41) is 15.4. The van der Waals surface area contributed by atoms with Crippen LogP contribution in [-0.2, 0) is 6.42 Å². The van der Waals surface area contributed by atoms with Gasteiger partial charge in [-0.2, -0.15) is 0 Å². The largest absolute Gasteiger partial charge is 0.396 e. The first-order valence-corrected chi connectivity index (χ1v) is 6.77. The van der Waals surface area contributed by atoms with E-state index in [4.69, 9.17) is 5.11 Å². The number of aliphatic hydroxyl groups excluding tert-OH is 1. The third kappa shape index (κ3) is 4.79. The van der Waals surface area contributed by atoms with Gasteiger partial charge in [-0.15, -0.1) is 5.10 Å². The van der Waals surface area contributed by atoms with Crippen LogP contribution in [0.2, 0.25) is 0 Å². The molecule has 0 bridgehead atoms. The van der Waals surface area contributed by atoms with Crippen LogP contribution in [-0.4, -0.2) is 33.8 Å². The van der Waals surface area contributed by atoms with E-state index in [0.29, 0.717) is 11.4 Å². The van der Waals surface area contributed by atoms with Crippen molar-refractivity contribution < 1.29 is 9.90 Å². The molecule has 96 valence electrons. The highest BCUT2D eigenvalue weighted by molar-refractivity contribution is 7.08. The molecule has 0 saturated carbocycles. The zero-order valence-corrected chi connectivity index (χ0v) is 10.9. The van der Waals surface area contributed by atoms with Crippen molar-refractivity contribution in [3.8, 4) is 0 Å². The summed E-state index contributed by atoms with van der Waals surface area (Å²) in [5.74, 6) is -0.0704. The normalized spacial score (nSPS) is 10.5. The molecule has 0 saturated heterocycles. The predicted molar refractivity (Wildman–Crippen MR) is 67.2 cm³/mol. The van der Waals surface area contributed by atoms with Crippen molar-refractivity contribution in [3.05, 3.63) is 10.6 Å². The van der Waals surface area contributed by atoms with Crippen LogP contribution < -0.4 is 5.32 Å². The van der Waals surface area contributed by atoms with Gasteiger partial charge in [0.1, 0.15) is 4.88 Å². The fraction of sp³-hybridized carbons (Fsp3) is 0.727. The number of amides is 1. The van der Waals surface area contributed by atoms with E-state index in [0.717, 1.165) is 49.3 Å². The van der Waals surface area contributed by atoms with E-state index in [1.54, 1.807) is 0 Å². The van der Waals surface area contributed by atoms with Crippen molar-refractivity contribution >= 4 is 17.4 Å². The minimum absolute atomic E-state index is 0.0704. The molecule has 0 spiro atoms. The molecule has 0 aliphatic heterocycles. The van der Waals surface area contributed by atoms with Crippen LogP contribution in [0.25, 0.3) is 0 Å². The maximum Gasteiger partial charge on any atom is 0.264 e. The number of rotatable bonds is 8. The quantitative estimate of drug-likeness (QED) is 0.690. The molecule has 17 heavy (non-hydrogen) atoms. The van der Waals surface area contributed by atoms with Crippen LogP contribution in [0.15, 0.2) is 0 Å². The molecule has 6 heteroatoms. The summed E-state index contributed by atoms with van der Waals surface area (Å²) >= 11 is 1.15.